The van der Waals surface area contributed by atoms with E-state index < -0.39 is 34.3 Å². The van der Waals surface area contributed by atoms with Gasteiger partial charge in [0.15, 0.2) is 0 Å². The van der Waals surface area contributed by atoms with Crippen molar-refractivity contribution < 1.29 is 28.7 Å². The fourth-order valence-corrected chi connectivity index (χ4v) is 3.16. The van der Waals surface area contributed by atoms with Crippen molar-refractivity contribution in [2.24, 2.45) is 0 Å². The molecule has 9 nitrogen and oxygen atoms in total. The molecule has 1 fully saturated rings. The van der Waals surface area contributed by atoms with Crippen molar-refractivity contribution in [1.29, 1.82) is 0 Å². The van der Waals surface area contributed by atoms with Gasteiger partial charge in [0.2, 0.25) is 0 Å². The summed E-state index contributed by atoms with van der Waals surface area (Å²) in [4.78, 5) is 36.2. The first-order valence-corrected chi connectivity index (χ1v) is 9.10. The Hall–Kier alpha value is -3.37. The van der Waals surface area contributed by atoms with E-state index in [4.69, 9.17) is 4.74 Å². The third-order valence-corrected chi connectivity index (χ3v) is 4.85. The number of carbonyl (C=O) groups excluding carboxylic acids is 2. The number of aliphatic hydroxyl groups is 1. The van der Waals surface area contributed by atoms with Gasteiger partial charge in [0.05, 0.1) is 30.8 Å². The van der Waals surface area contributed by atoms with Crippen LogP contribution in [0.1, 0.15) is 18.1 Å². The predicted molar refractivity (Wildman–Crippen MR) is 103 cm³/mol. The summed E-state index contributed by atoms with van der Waals surface area (Å²) in [6.07, 6.45) is -1.18. The van der Waals surface area contributed by atoms with Gasteiger partial charge in [-0.25, -0.2) is 9.18 Å². The fourth-order valence-electron chi connectivity index (χ4n) is 3.16. The number of imide groups is 1. The van der Waals surface area contributed by atoms with E-state index >= 15 is 0 Å². The van der Waals surface area contributed by atoms with Crippen LogP contribution < -0.4 is 5.32 Å². The number of urea groups is 1. The van der Waals surface area contributed by atoms with Crippen LogP contribution in [0.5, 0.6) is 0 Å². The van der Waals surface area contributed by atoms with Crippen LogP contribution >= 0.6 is 0 Å². The molecule has 3 rings (SSSR count). The summed E-state index contributed by atoms with van der Waals surface area (Å²) in [5.74, 6) is -1.03. The standard InChI is InChI=1S/C20H20FN3O6/c1-20(14-6-8-15(9-7-14)24(28)29)18(26)23(19(27)22-20)10-16(25)12-30-11-13-4-2-3-5-17(13)21/h2-9,16,25H,10-12H2,1H3,(H,22,27)/t16-,20-/m0/s1. The number of carbonyl (C=O) groups is 2. The molecule has 2 aromatic carbocycles. The van der Waals surface area contributed by atoms with Gasteiger partial charge in [0.1, 0.15) is 11.4 Å². The van der Waals surface area contributed by atoms with Crippen LogP contribution in [0.3, 0.4) is 0 Å². The monoisotopic (exact) mass is 417 g/mol. The van der Waals surface area contributed by atoms with Crippen molar-refractivity contribution in [3.8, 4) is 0 Å². The second kappa shape index (κ2) is 8.56. The van der Waals surface area contributed by atoms with Crippen molar-refractivity contribution in [2.45, 2.75) is 25.2 Å². The van der Waals surface area contributed by atoms with Gasteiger partial charge in [-0.15, -0.1) is 0 Å². The van der Waals surface area contributed by atoms with Gasteiger partial charge in [-0.3, -0.25) is 19.8 Å². The van der Waals surface area contributed by atoms with Crippen molar-refractivity contribution in [3.05, 3.63) is 75.6 Å². The van der Waals surface area contributed by atoms with Crippen LogP contribution in [0.15, 0.2) is 48.5 Å². The first-order chi connectivity index (χ1) is 14.2. The summed E-state index contributed by atoms with van der Waals surface area (Å²) >= 11 is 0. The quantitative estimate of drug-likeness (QED) is 0.385. The predicted octanol–water partition coefficient (Wildman–Crippen LogP) is 2.08. The topological polar surface area (TPSA) is 122 Å². The Balaban J connectivity index is 1.61. The molecule has 3 amide bonds. The van der Waals surface area contributed by atoms with Crippen molar-refractivity contribution in [2.75, 3.05) is 13.2 Å². The second-order valence-corrected chi connectivity index (χ2v) is 7.04. The number of nitrogens with one attached hydrogen (secondary N) is 1. The molecule has 0 aliphatic carbocycles. The summed E-state index contributed by atoms with van der Waals surface area (Å²) in [5, 5.41) is 23.5. The van der Waals surface area contributed by atoms with Gasteiger partial charge < -0.3 is 15.2 Å². The molecule has 10 heteroatoms. The van der Waals surface area contributed by atoms with Crippen molar-refractivity contribution in [1.82, 2.24) is 10.2 Å². The summed E-state index contributed by atoms with van der Waals surface area (Å²) in [6, 6.07) is 10.6. The zero-order chi connectivity index (χ0) is 21.9. The molecular formula is C20H20FN3O6. The van der Waals surface area contributed by atoms with E-state index in [0.29, 0.717) is 11.1 Å². The van der Waals surface area contributed by atoms with Crippen LogP contribution in [-0.4, -0.2) is 46.1 Å². The van der Waals surface area contributed by atoms with Gasteiger partial charge >= 0.3 is 6.03 Å². The Morgan fingerprint density at radius 3 is 2.53 bits per heavy atom. The van der Waals surface area contributed by atoms with E-state index in [1.165, 1.54) is 37.3 Å². The molecule has 1 heterocycles. The summed E-state index contributed by atoms with van der Waals surface area (Å²) < 4.78 is 18.9. The summed E-state index contributed by atoms with van der Waals surface area (Å²) in [5.41, 5.74) is -0.858. The third kappa shape index (κ3) is 4.29. The summed E-state index contributed by atoms with van der Waals surface area (Å²) in [6.45, 7) is 0.893. The van der Waals surface area contributed by atoms with Crippen molar-refractivity contribution >= 4 is 17.6 Å². The molecule has 0 bridgehead atoms. The largest absolute Gasteiger partial charge is 0.389 e. The van der Waals surface area contributed by atoms with Crippen LogP contribution in [0.4, 0.5) is 14.9 Å². The van der Waals surface area contributed by atoms with E-state index in [2.05, 4.69) is 5.32 Å². The van der Waals surface area contributed by atoms with Crippen LogP contribution in [0.25, 0.3) is 0 Å². The Morgan fingerprint density at radius 2 is 1.90 bits per heavy atom. The molecule has 0 spiro atoms. The molecule has 2 aromatic rings. The third-order valence-electron chi connectivity index (χ3n) is 4.85. The molecule has 0 aromatic heterocycles. The lowest BCUT2D eigenvalue weighted by Gasteiger charge is -2.23. The first kappa shape index (κ1) is 21.3. The molecular weight excluding hydrogens is 397 g/mol. The number of aliphatic hydroxyl groups excluding tert-OH is 1. The van der Waals surface area contributed by atoms with Gasteiger partial charge in [-0.1, -0.05) is 18.2 Å². The second-order valence-electron chi connectivity index (χ2n) is 7.04. The van der Waals surface area contributed by atoms with Crippen molar-refractivity contribution in [3.63, 3.8) is 0 Å². The van der Waals surface area contributed by atoms with Gasteiger partial charge in [0.25, 0.3) is 11.6 Å². The highest BCUT2D eigenvalue weighted by Gasteiger charge is 2.49. The maximum absolute atomic E-state index is 13.6. The maximum Gasteiger partial charge on any atom is 0.325 e. The molecule has 1 aliphatic heterocycles. The average molecular weight is 417 g/mol. The van der Waals surface area contributed by atoms with E-state index in [1.54, 1.807) is 18.2 Å². The first-order valence-electron chi connectivity index (χ1n) is 9.10. The molecule has 158 valence electrons. The number of non-ortho nitro benzene ring substituents is 1. The molecule has 0 radical (unpaired) electrons. The number of halogens is 1. The lowest BCUT2D eigenvalue weighted by Crippen LogP contribution is -2.42. The van der Waals surface area contributed by atoms with Gasteiger partial charge in [0, 0.05) is 17.7 Å². The average Bonchev–Trinajstić information content (AvgIpc) is 2.93. The van der Waals surface area contributed by atoms with E-state index in [9.17, 15) is 29.2 Å². The van der Waals surface area contributed by atoms with Gasteiger partial charge in [-0.2, -0.15) is 0 Å². The number of benzene rings is 2. The molecule has 2 N–H and O–H groups in total. The highest BCUT2D eigenvalue weighted by Crippen LogP contribution is 2.30. The number of hydrogen-bond acceptors (Lipinski definition) is 6. The molecule has 0 unspecified atom stereocenters. The molecule has 1 saturated heterocycles. The smallest absolute Gasteiger partial charge is 0.325 e. The molecule has 0 saturated carbocycles. The summed E-state index contributed by atoms with van der Waals surface area (Å²) in [7, 11) is 0. The lowest BCUT2D eigenvalue weighted by atomic mass is 9.92. The lowest BCUT2D eigenvalue weighted by molar-refractivity contribution is -0.384. The number of hydrogen-bond donors (Lipinski definition) is 2. The van der Waals surface area contributed by atoms with Crippen LogP contribution in [-0.2, 0) is 21.7 Å². The molecule has 30 heavy (non-hydrogen) atoms. The minimum absolute atomic E-state index is 0.0651. The Labute approximate surface area is 171 Å². The molecule has 2 atom stereocenters. The zero-order valence-corrected chi connectivity index (χ0v) is 16.1. The Kier molecular flexibility index (Phi) is 6.09. The zero-order valence-electron chi connectivity index (χ0n) is 16.1. The number of nitro groups is 1. The minimum atomic E-state index is -1.42. The Morgan fingerprint density at radius 1 is 1.23 bits per heavy atom. The highest BCUT2D eigenvalue weighted by molar-refractivity contribution is 6.07. The highest BCUT2D eigenvalue weighted by atomic mass is 19.1. The van der Waals surface area contributed by atoms with Crippen LogP contribution in [0.2, 0.25) is 0 Å². The Bertz CT molecular complexity index is 967. The number of β-amino-alcohol motifs (C(OH)–C–C–N with tert-alkyl or cyclic N) is 1. The SMILES string of the molecule is C[C@@]1(c2ccc([N+](=O)[O-])cc2)NC(=O)N(C[C@H](O)COCc2ccccc2F)C1=O. The number of rotatable bonds is 8. The number of ether oxygens (including phenoxy) is 1. The number of nitrogens with zero attached hydrogens (tertiary/aromatic N) is 2. The number of nitro benzene ring substituents is 1. The van der Waals surface area contributed by atoms with E-state index in [0.717, 1.165) is 4.90 Å². The normalized spacial score (nSPS) is 19.6. The van der Waals surface area contributed by atoms with E-state index in [1.807, 2.05) is 0 Å². The van der Waals surface area contributed by atoms with Crippen LogP contribution in [0, 0.1) is 15.9 Å². The maximum atomic E-state index is 13.6. The van der Waals surface area contributed by atoms with Gasteiger partial charge in [-0.05, 0) is 30.7 Å². The fraction of sp³-hybridized carbons (Fsp3) is 0.300. The number of amides is 3. The van der Waals surface area contributed by atoms with E-state index in [-0.39, 0.29) is 25.4 Å². The molecule has 1 aliphatic rings. The minimum Gasteiger partial charge on any atom is -0.389 e.